The lowest BCUT2D eigenvalue weighted by Gasteiger charge is -2.36. The third-order valence-electron chi connectivity index (χ3n) is 3.23. The van der Waals surface area contributed by atoms with Crippen molar-refractivity contribution in [3.8, 4) is 0 Å². The number of hydrogen-bond donors (Lipinski definition) is 2. The third-order valence-corrected chi connectivity index (χ3v) is 3.92. The van der Waals surface area contributed by atoms with Gasteiger partial charge in [-0.2, -0.15) is 0 Å². The minimum Gasteiger partial charge on any atom is -0.388 e. The maximum Gasteiger partial charge on any atom is 0.252 e. The fourth-order valence-electron chi connectivity index (χ4n) is 1.91. The van der Waals surface area contributed by atoms with E-state index in [-0.39, 0.29) is 5.91 Å². The summed E-state index contributed by atoms with van der Waals surface area (Å²) in [5, 5.41) is 12.7. The molecule has 0 saturated heterocycles. The van der Waals surface area contributed by atoms with Gasteiger partial charge in [-0.25, -0.2) is 0 Å². The lowest BCUT2D eigenvalue weighted by Crippen LogP contribution is -2.47. The highest BCUT2D eigenvalue weighted by molar-refractivity contribution is 9.10. The van der Waals surface area contributed by atoms with Gasteiger partial charge in [0, 0.05) is 11.0 Å². The second-order valence-electron chi connectivity index (χ2n) is 4.74. The van der Waals surface area contributed by atoms with Crippen LogP contribution in [0.15, 0.2) is 22.7 Å². The molecule has 4 heteroatoms. The lowest BCUT2D eigenvalue weighted by atomic mass is 9.80. The van der Waals surface area contributed by atoms with Crippen LogP contribution in [0.4, 0.5) is 0 Å². The van der Waals surface area contributed by atoms with Gasteiger partial charge in [-0.3, -0.25) is 4.79 Å². The van der Waals surface area contributed by atoms with Crippen molar-refractivity contribution in [3.63, 3.8) is 0 Å². The predicted molar refractivity (Wildman–Crippen MR) is 70.0 cm³/mol. The molecule has 0 atom stereocenters. The molecule has 0 radical (unpaired) electrons. The molecular weight excluding hydrogens is 282 g/mol. The van der Waals surface area contributed by atoms with Gasteiger partial charge in [0.2, 0.25) is 0 Å². The Labute approximate surface area is 109 Å². The van der Waals surface area contributed by atoms with Gasteiger partial charge in [-0.15, -0.1) is 0 Å². The van der Waals surface area contributed by atoms with Crippen molar-refractivity contribution >= 4 is 21.8 Å². The summed E-state index contributed by atoms with van der Waals surface area (Å²) in [6.07, 6.45) is 2.60. The second kappa shape index (κ2) is 4.78. The Morgan fingerprint density at radius 3 is 2.82 bits per heavy atom. The number of nitrogens with one attached hydrogen (secondary N) is 1. The minimum absolute atomic E-state index is 0.138. The molecule has 17 heavy (non-hydrogen) atoms. The molecule has 0 bridgehead atoms. The summed E-state index contributed by atoms with van der Waals surface area (Å²) in [6, 6.07) is 5.65. The summed E-state index contributed by atoms with van der Waals surface area (Å²) in [5.41, 5.74) is 0.986. The van der Waals surface area contributed by atoms with Gasteiger partial charge < -0.3 is 10.4 Å². The molecule has 0 aliphatic heterocycles. The molecule has 1 fully saturated rings. The highest BCUT2D eigenvalue weighted by Gasteiger charge is 2.34. The number of benzene rings is 1. The molecule has 1 aromatic carbocycles. The highest BCUT2D eigenvalue weighted by atomic mass is 79.9. The number of halogens is 1. The maximum atomic E-state index is 12.0. The van der Waals surface area contributed by atoms with Crippen molar-refractivity contribution in [2.75, 3.05) is 6.54 Å². The van der Waals surface area contributed by atoms with Crippen LogP contribution in [0, 0.1) is 6.92 Å². The molecular formula is C13H16BrNO2. The number of carbonyl (C=O) groups excluding carboxylic acids is 1. The summed E-state index contributed by atoms with van der Waals surface area (Å²) in [6.45, 7) is 2.29. The van der Waals surface area contributed by atoms with Crippen LogP contribution in [0.2, 0.25) is 0 Å². The van der Waals surface area contributed by atoms with Crippen molar-refractivity contribution < 1.29 is 9.90 Å². The fraction of sp³-hybridized carbons (Fsp3) is 0.462. The molecule has 2 rings (SSSR count). The van der Waals surface area contributed by atoms with Crippen molar-refractivity contribution in [1.82, 2.24) is 5.32 Å². The first kappa shape index (κ1) is 12.6. The molecule has 1 aliphatic carbocycles. The van der Waals surface area contributed by atoms with Crippen LogP contribution in [0.5, 0.6) is 0 Å². The van der Waals surface area contributed by atoms with Gasteiger partial charge in [0.25, 0.3) is 5.91 Å². The van der Waals surface area contributed by atoms with Crippen LogP contribution in [0.25, 0.3) is 0 Å². The molecule has 1 amide bonds. The molecule has 1 aliphatic rings. The van der Waals surface area contributed by atoms with Gasteiger partial charge in [0.05, 0.1) is 11.2 Å². The Morgan fingerprint density at radius 2 is 2.24 bits per heavy atom. The third kappa shape index (κ3) is 2.87. The van der Waals surface area contributed by atoms with Gasteiger partial charge in [-0.05, 0) is 54.2 Å². The van der Waals surface area contributed by atoms with E-state index in [2.05, 4.69) is 21.2 Å². The molecule has 0 heterocycles. The van der Waals surface area contributed by atoms with Gasteiger partial charge in [-0.1, -0.05) is 11.6 Å². The van der Waals surface area contributed by atoms with E-state index in [0.717, 1.165) is 29.3 Å². The molecule has 0 aromatic heterocycles. The first-order chi connectivity index (χ1) is 8.00. The molecule has 1 saturated carbocycles. The summed E-state index contributed by atoms with van der Waals surface area (Å²) < 4.78 is 0.779. The normalized spacial score (nSPS) is 17.4. The fourth-order valence-corrected chi connectivity index (χ4v) is 2.34. The molecule has 2 N–H and O–H groups in total. The molecule has 92 valence electrons. The number of carbonyl (C=O) groups is 1. The van der Waals surface area contributed by atoms with Crippen LogP contribution in [-0.4, -0.2) is 23.2 Å². The van der Waals surface area contributed by atoms with E-state index in [4.69, 9.17) is 0 Å². The van der Waals surface area contributed by atoms with Gasteiger partial charge in [0.15, 0.2) is 0 Å². The quantitative estimate of drug-likeness (QED) is 0.900. The average molecular weight is 298 g/mol. The highest BCUT2D eigenvalue weighted by Crippen LogP contribution is 2.30. The minimum atomic E-state index is -0.675. The van der Waals surface area contributed by atoms with E-state index < -0.39 is 5.60 Å². The number of amides is 1. The number of hydrogen-bond acceptors (Lipinski definition) is 2. The van der Waals surface area contributed by atoms with Crippen LogP contribution in [-0.2, 0) is 0 Å². The van der Waals surface area contributed by atoms with E-state index in [1.54, 1.807) is 0 Å². The SMILES string of the molecule is Cc1ccc(Br)c(C(=O)NCC2(O)CCC2)c1. The Bertz CT molecular complexity index is 441. The van der Waals surface area contributed by atoms with Gasteiger partial charge >= 0.3 is 0 Å². The lowest BCUT2D eigenvalue weighted by molar-refractivity contribution is -0.0300. The van der Waals surface area contributed by atoms with E-state index >= 15 is 0 Å². The summed E-state index contributed by atoms with van der Waals surface area (Å²) in [4.78, 5) is 12.0. The largest absolute Gasteiger partial charge is 0.388 e. The summed E-state index contributed by atoms with van der Waals surface area (Å²) in [5.74, 6) is -0.138. The number of rotatable bonds is 3. The zero-order valence-electron chi connectivity index (χ0n) is 9.79. The Balaban J connectivity index is 2.01. The monoisotopic (exact) mass is 297 g/mol. The first-order valence-corrected chi connectivity index (χ1v) is 6.56. The molecule has 0 spiro atoms. The molecule has 3 nitrogen and oxygen atoms in total. The van der Waals surface area contributed by atoms with Gasteiger partial charge in [0.1, 0.15) is 0 Å². The smallest absolute Gasteiger partial charge is 0.252 e. The average Bonchev–Trinajstić information content (AvgIpc) is 2.26. The van der Waals surface area contributed by atoms with Crippen LogP contribution < -0.4 is 5.32 Å². The van der Waals surface area contributed by atoms with E-state index in [0.29, 0.717) is 12.1 Å². The molecule has 1 aromatic rings. The summed E-state index contributed by atoms with van der Waals surface area (Å²) >= 11 is 3.36. The number of aryl methyl sites for hydroxylation is 1. The zero-order valence-corrected chi connectivity index (χ0v) is 11.4. The zero-order chi connectivity index (χ0) is 12.5. The van der Waals surface area contributed by atoms with Crippen molar-refractivity contribution in [3.05, 3.63) is 33.8 Å². The Kier molecular flexibility index (Phi) is 3.54. The Hall–Kier alpha value is -0.870. The summed E-state index contributed by atoms with van der Waals surface area (Å²) in [7, 11) is 0. The van der Waals surface area contributed by atoms with E-state index in [9.17, 15) is 9.90 Å². The predicted octanol–water partition coefficient (Wildman–Crippen LogP) is 2.40. The Morgan fingerprint density at radius 1 is 1.53 bits per heavy atom. The van der Waals surface area contributed by atoms with Crippen molar-refractivity contribution in [1.29, 1.82) is 0 Å². The van der Waals surface area contributed by atoms with Crippen molar-refractivity contribution in [2.24, 2.45) is 0 Å². The van der Waals surface area contributed by atoms with Crippen LogP contribution in [0.1, 0.15) is 35.2 Å². The maximum absolute atomic E-state index is 12.0. The van der Waals surface area contributed by atoms with E-state index in [1.807, 2.05) is 25.1 Å². The van der Waals surface area contributed by atoms with Crippen LogP contribution >= 0.6 is 15.9 Å². The standard InChI is InChI=1S/C13H16BrNO2/c1-9-3-4-11(14)10(7-9)12(16)15-8-13(17)5-2-6-13/h3-4,7,17H,2,5-6,8H2,1H3,(H,15,16). The number of aliphatic hydroxyl groups is 1. The van der Waals surface area contributed by atoms with Crippen molar-refractivity contribution in [2.45, 2.75) is 31.8 Å². The second-order valence-corrected chi connectivity index (χ2v) is 5.60. The topological polar surface area (TPSA) is 49.3 Å². The van der Waals surface area contributed by atoms with E-state index in [1.165, 1.54) is 0 Å². The first-order valence-electron chi connectivity index (χ1n) is 5.77. The van der Waals surface area contributed by atoms with Crippen LogP contribution in [0.3, 0.4) is 0 Å². The molecule has 0 unspecified atom stereocenters.